The topological polar surface area (TPSA) is 136 Å². The largest absolute Gasteiger partial charge is 0.449 e. The number of nitrogens with zero attached hydrogens (tertiary/aromatic N) is 1. The maximum Gasteiger partial charge on any atom is 0.340 e. The maximum atomic E-state index is 12.5. The Morgan fingerprint density at radius 3 is 2.35 bits per heavy atom. The summed E-state index contributed by atoms with van der Waals surface area (Å²) in [6.07, 6.45) is -1.34. The highest BCUT2D eigenvalue weighted by molar-refractivity contribution is 7.89. The lowest BCUT2D eigenvalue weighted by Gasteiger charge is -2.19. The van der Waals surface area contributed by atoms with Gasteiger partial charge in [0.25, 0.3) is 5.91 Å². The number of esters is 1. The molecule has 144 valence electrons. The third-order valence-corrected chi connectivity index (χ3v) is 5.78. The Labute approximate surface area is 156 Å². The zero-order valence-electron chi connectivity index (χ0n) is 14.5. The highest BCUT2D eigenvalue weighted by Gasteiger charge is 2.26. The van der Waals surface area contributed by atoms with E-state index < -0.39 is 34.0 Å². The minimum absolute atomic E-state index is 0.0454. The number of benzene rings is 1. The summed E-state index contributed by atoms with van der Waals surface area (Å²) >= 11 is 5.95. The van der Waals surface area contributed by atoms with Gasteiger partial charge >= 0.3 is 12.0 Å². The van der Waals surface area contributed by atoms with E-state index >= 15 is 0 Å². The molecule has 0 aliphatic rings. The van der Waals surface area contributed by atoms with Crippen molar-refractivity contribution < 1.29 is 27.5 Å². The Morgan fingerprint density at radius 1 is 1.27 bits per heavy atom. The molecule has 1 rings (SSSR count). The number of carbonyl (C=O) groups excluding carboxylic acids is 3. The van der Waals surface area contributed by atoms with Crippen molar-refractivity contribution in [2.75, 3.05) is 13.1 Å². The number of hydrogen-bond acceptors (Lipinski definition) is 6. The first kappa shape index (κ1) is 21.9. The van der Waals surface area contributed by atoms with Crippen molar-refractivity contribution in [3.05, 3.63) is 28.8 Å². The van der Waals surface area contributed by atoms with Crippen molar-refractivity contribution in [3.63, 3.8) is 0 Å². The lowest BCUT2D eigenvalue weighted by molar-refractivity contribution is -0.127. The van der Waals surface area contributed by atoms with Crippen LogP contribution in [0.2, 0.25) is 5.02 Å². The highest BCUT2D eigenvalue weighted by atomic mass is 35.5. The molecule has 0 saturated carbocycles. The van der Waals surface area contributed by atoms with E-state index in [4.69, 9.17) is 22.1 Å². The number of rotatable bonds is 7. The van der Waals surface area contributed by atoms with Crippen molar-refractivity contribution >= 4 is 39.5 Å². The van der Waals surface area contributed by atoms with Crippen molar-refractivity contribution in [2.24, 2.45) is 5.73 Å². The number of primary amides is 1. The molecule has 1 aromatic rings. The van der Waals surface area contributed by atoms with E-state index in [9.17, 15) is 22.8 Å². The number of nitrogens with one attached hydrogen (secondary N) is 1. The Balaban J connectivity index is 3.12. The van der Waals surface area contributed by atoms with E-state index in [0.717, 1.165) is 6.07 Å². The fraction of sp³-hybridized carbons (Fsp3) is 0.400. The molecular weight excluding hydrogens is 386 g/mol. The third kappa shape index (κ3) is 5.16. The summed E-state index contributed by atoms with van der Waals surface area (Å²) in [5.74, 6) is -1.94. The second-order valence-electron chi connectivity index (χ2n) is 5.13. The summed E-state index contributed by atoms with van der Waals surface area (Å²) in [7, 11) is -3.81. The van der Waals surface area contributed by atoms with Gasteiger partial charge in [-0.3, -0.25) is 10.1 Å². The van der Waals surface area contributed by atoms with Crippen LogP contribution in [0.25, 0.3) is 0 Å². The van der Waals surface area contributed by atoms with E-state index in [1.165, 1.54) is 23.4 Å². The first-order valence-corrected chi connectivity index (χ1v) is 9.47. The van der Waals surface area contributed by atoms with Gasteiger partial charge in [0.1, 0.15) is 0 Å². The molecule has 0 spiro atoms. The number of carbonyl (C=O) groups is 3. The monoisotopic (exact) mass is 405 g/mol. The second-order valence-corrected chi connectivity index (χ2v) is 7.48. The van der Waals surface area contributed by atoms with Gasteiger partial charge in [0, 0.05) is 13.1 Å². The Kier molecular flexibility index (Phi) is 7.54. The molecule has 9 nitrogen and oxygen atoms in total. The average molecular weight is 406 g/mol. The van der Waals surface area contributed by atoms with Gasteiger partial charge in [0.15, 0.2) is 6.10 Å². The molecule has 11 heteroatoms. The molecule has 0 aliphatic carbocycles. The van der Waals surface area contributed by atoms with Crippen molar-refractivity contribution in [3.8, 4) is 0 Å². The van der Waals surface area contributed by atoms with Gasteiger partial charge in [0.2, 0.25) is 10.0 Å². The van der Waals surface area contributed by atoms with Crippen molar-refractivity contribution in [2.45, 2.75) is 31.8 Å². The van der Waals surface area contributed by atoms with Crippen LogP contribution < -0.4 is 11.1 Å². The van der Waals surface area contributed by atoms with Crippen LogP contribution in [0, 0.1) is 0 Å². The standard InChI is InChI=1S/C15H20ClN3O6S/c1-4-19(5-2)26(23,24)10-6-7-12(16)11(8-10)14(21)25-9(3)13(20)18-15(17)22/h6-9H,4-5H2,1-3H3,(H3,17,18,20,22)/t9-/m1/s1. The van der Waals surface area contributed by atoms with Gasteiger partial charge < -0.3 is 10.5 Å². The molecule has 3 N–H and O–H groups in total. The van der Waals surface area contributed by atoms with Crippen molar-refractivity contribution in [1.29, 1.82) is 0 Å². The number of hydrogen-bond donors (Lipinski definition) is 2. The van der Waals surface area contributed by atoms with Gasteiger partial charge in [-0.2, -0.15) is 4.31 Å². The molecule has 0 aromatic heterocycles. The molecule has 0 aliphatic heterocycles. The summed E-state index contributed by atoms with van der Waals surface area (Å²) in [5.41, 5.74) is 4.59. The summed E-state index contributed by atoms with van der Waals surface area (Å²) < 4.78 is 31.2. The van der Waals surface area contributed by atoms with E-state index in [-0.39, 0.29) is 28.6 Å². The van der Waals surface area contributed by atoms with Gasteiger partial charge in [-0.1, -0.05) is 25.4 Å². The Hall–Kier alpha value is -2.17. The average Bonchev–Trinajstić information content (AvgIpc) is 2.55. The Bertz CT molecular complexity index is 808. The smallest absolute Gasteiger partial charge is 0.340 e. The van der Waals surface area contributed by atoms with Gasteiger partial charge in [-0.15, -0.1) is 0 Å². The fourth-order valence-corrected chi connectivity index (χ4v) is 3.71. The predicted molar refractivity (Wildman–Crippen MR) is 94.2 cm³/mol. The minimum Gasteiger partial charge on any atom is -0.449 e. The number of halogens is 1. The predicted octanol–water partition coefficient (Wildman–Crippen LogP) is 1.11. The quantitative estimate of drug-likeness (QED) is 0.652. The zero-order valence-corrected chi connectivity index (χ0v) is 16.1. The van der Waals surface area contributed by atoms with E-state index in [2.05, 4.69) is 0 Å². The number of urea groups is 1. The van der Waals surface area contributed by atoms with Crippen LogP contribution in [0.5, 0.6) is 0 Å². The van der Waals surface area contributed by atoms with Crippen LogP contribution in [0.1, 0.15) is 31.1 Å². The summed E-state index contributed by atoms with van der Waals surface area (Å²) in [6.45, 7) is 5.11. The molecule has 0 unspecified atom stereocenters. The SMILES string of the molecule is CCN(CC)S(=O)(=O)c1ccc(Cl)c(C(=O)O[C@H](C)C(=O)NC(N)=O)c1. The molecule has 0 radical (unpaired) electrons. The van der Waals surface area contributed by atoms with Crippen LogP contribution in [-0.2, 0) is 19.6 Å². The van der Waals surface area contributed by atoms with Crippen LogP contribution in [0.4, 0.5) is 4.79 Å². The molecule has 3 amide bonds. The van der Waals surface area contributed by atoms with Crippen molar-refractivity contribution in [1.82, 2.24) is 9.62 Å². The molecular formula is C15H20ClN3O6S. The molecule has 1 atom stereocenters. The normalized spacial score (nSPS) is 12.5. The van der Waals surface area contributed by atoms with Gasteiger partial charge in [-0.25, -0.2) is 18.0 Å². The van der Waals surface area contributed by atoms with E-state index in [0.29, 0.717) is 0 Å². The number of ether oxygens (including phenoxy) is 1. The van der Waals surface area contributed by atoms with Crippen LogP contribution in [0.3, 0.4) is 0 Å². The molecule has 0 fully saturated rings. The van der Waals surface area contributed by atoms with E-state index in [1.807, 2.05) is 0 Å². The molecule has 26 heavy (non-hydrogen) atoms. The van der Waals surface area contributed by atoms with Gasteiger partial charge in [0.05, 0.1) is 15.5 Å². The first-order chi connectivity index (χ1) is 12.0. The number of amides is 3. The van der Waals surface area contributed by atoms with E-state index in [1.54, 1.807) is 19.2 Å². The lowest BCUT2D eigenvalue weighted by atomic mass is 10.2. The molecule has 1 aromatic carbocycles. The van der Waals surface area contributed by atoms with Crippen LogP contribution in [-0.4, -0.2) is 49.8 Å². The van der Waals surface area contributed by atoms with Gasteiger partial charge in [-0.05, 0) is 25.1 Å². The summed E-state index contributed by atoms with van der Waals surface area (Å²) in [6, 6.07) is 2.51. The fourth-order valence-electron chi connectivity index (χ4n) is 2.03. The molecule has 0 heterocycles. The zero-order chi connectivity index (χ0) is 20.1. The number of imide groups is 1. The third-order valence-electron chi connectivity index (χ3n) is 3.40. The summed E-state index contributed by atoms with van der Waals surface area (Å²) in [5, 5.41) is 1.72. The molecule has 0 bridgehead atoms. The molecule has 0 saturated heterocycles. The number of sulfonamides is 1. The minimum atomic E-state index is -3.81. The number of nitrogens with two attached hydrogens (primary N) is 1. The highest BCUT2D eigenvalue weighted by Crippen LogP contribution is 2.24. The lowest BCUT2D eigenvalue weighted by Crippen LogP contribution is -2.42. The van der Waals surface area contributed by atoms with Crippen LogP contribution >= 0.6 is 11.6 Å². The maximum absolute atomic E-state index is 12.5. The second kappa shape index (κ2) is 8.97. The first-order valence-electron chi connectivity index (χ1n) is 7.65. The Morgan fingerprint density at radius 2 is 1.85 bits per heavy atom. The van der Waals surface area contributed by atoms with Crippen LogP contribution in [0.15, 0.2) is 23.1 Å². The summed E-state index contributed by atoms with van der Waals surface area (Å²) in [4.78, 5) is 34.3.